The Kier molecular flexibility index (Phi) is 3.42. The number of carbonyl (C=O) groups excluding carboxylic acids is 1. The van der Waals surface area contributed by atoms with E-state index in [-0.39, 0.29) is 5.91 Å². The molecule has 0 saturated heterocycles. The zero-order valence-electron chi connectivity index (χ0n) is 10.5. The lowest BCUT2D eigenvalue weighted by atomic mass is 9.93. The van der Waals surface area contributed by atoms with Crippen LogP contribution in [0.15, 0.2) is 47.1 Å². The second-order valence-corrected chi connectivity index (χ2v) is 5.76. The zero-order valence-corrected chi connectivity index (χ0v) is 12.1. The van der Waals surface area contributed by atoms with Crippen LogP contribution in [0, 0.1) is 0 Å². The van der Waals surface area contributed by atoms with Gasteiger partial charge in [-0.1, -0.05) is 15.9 Å². The van der Waals surface area contributed by atoms with Crippen LogP contribution >= 0.6 is 15.9 Å². The monoisotopic (exact) mass is 318 g/mol. The lowest BCUT2D eigenvalue weighted by Gasteiger charge is -2.28. The fourth-order valence-corrected chi connectivity index (χ4v) is 2.56. The summed E-state index contributed by atoms with van der Waals surface area (Å²) in [4.78, 5) is 12.3. The number of rotatable bonds is 3. The van der Waals surface area contributed by atoms with Crippen LogP contribution in [0.3, 0.4) is 0 Å². The number of anilines is 1. The predicted molar refractivity (Wildman–Crippen MR) is 79.4 cm³/mol. The molecule has 3 nitrogen and oxygen atoms in total. The summed E-state index contributed by atoms with van der Waals surface area (Å²) in [5, 5.41) is 2.93. The molecule has 1 amide bonds. The lowest BCUT2D eigenvalue weighted by Crippen LogP contribution is -2.23. The Hall–Kier alpha value is -1.55. The molecule has 0 radical (unpaired) electrons. The maximum atomic E-state index is 12.3. The average molecular weight is 319 g/mol. The topological polar surface area (TPSA) is 34.0 Å². The molecule has 1 aliphatic carbocycles. The van der Waals surface area contributed by atoms with Gasteiger partial charge in [0.25, 0.3) is 5.91 Å². The molecule has 0 unspecified atom stereocenters. The first-order valence-electron chi connectivity index (χ1n) is 6.48. The summed E-state index contributed by atoms with van der Waals surface area (Å²) in [6.07, 6.45) is 5.61. The summed E-state index contributed by atoms with van der Waals surface area (Å²) < 4.78 is 3.10. The van der Waals surface area contributed by atoms with Gasteiger partial charge in [-0.15, -0.1) is 0 Å². The van der Waals surface area contributed by atoms with Crippen LogP contribution < -0.4 is 5.32 Å². The molecule has 1 heterocycles. The first-order chi connectivity index (χ1) is 9.24. The van der Waals surface area contributed by atoms with Crippen molar-refractivity contribution in [1.29, 1.82) is 0 Å². The SMILES string of the molecule is O=C(Nc1ccc(Br)cc1)c1cccn1C1CCC1. The fraction of sp³-hybridized carbons (Fsp3) is 0.267. The van der Waals surface area contributed by atoms with E-state index in [9.17, 15) is 4.79 Å². The summed E-state index contributed by atoms with van der Waals surface area (Å²) in [6.45, 7) is 0. The Morgan fingerprint density at radius 1 is 1.21 bits per heavy atom. The number of carbonyl (C=O) groups is 1. The Bertz CT molecular complexity index is 584. The van der Waals surface area contributed by atoms with E-state index >= 15 is 0 Å². The number of aromatic nitrogens is 1. The number of benzene rings is 1. The van der Waals surface area contributed by atoms with Crippen LogP contribution in [-0.2, 0) is 0 Å². The molecule has 0 bridgehead atoms. The van der Waals surface area contributed by atoms with Crippen LogP contribution in [0.4, 0.5) is 5.69 Å². The van der Waals surface area contributed by atoms with E-state index in [1.54, 1.807) is 0 Å². The Balaban J connectivity index is 1.76. The summed E-state index contributed by atoms with van der Waals surface area (Å²) in [6, 6.07) is 11.9. The number of nitrogens with one attached hydrogen (secondary N) is 1. The Labute approximate surface area is 120 Å². The van der Waals surface area contributed by atoms with Crippen LogP contribution in [0.2, 0.25) is 0 Å². The van der Waals surface area contributed by atoms with Crippen LogP contribution in [-0.4, -0.2) is 10.5 Å². The number of nitrogens with zero attached hydrogens (tertiary/aromatic N) is 1. The van der Waals surface area contributed by atoms with Gasteiger partial charge in [0, 0.05) is 22.4 Å². The largest absolute Gasteiger partial charge is 0.340 e. The second kappa shape index (κ2) is 5.21. The third-order valence-electron chi connectivity index (χ3n) is 3.58. The van der Waals surface area contributed by atoms with Gasteiger partial charge in [0.1, 0.15) is 5.69 Å². The van der Waals surface area contributed by atoms with Crippen LogP contribution in [0.5, 0.6) is 0 Å². The molecule has 0 atom stereocenters. The van der Waals surface area contributed by atoms with E-state index in [0.29, 0.717) is 6.04 Å². The smallest absolute Gasteiger partial charge is 0.272 e. The highest BCUT2D eigenvalue weighted by Crippen LogP contribution is 2.32. The standard InChI is InChI=1S/C15H15BrN2O/c16-11-6-8-12(9-7-11)17-15(19)14-5-2-10-18(14)13-3-1-4-13/h2,5-10,13H,1,3-4H2,(H,17,19). The minimum absolute atomic E-state index is 0.0424. The fourth-order valence-electron chi connectivity index (χ4n) is 2.30. The maximum Gasteiger partial charge on any atom is 0.272 e. The maximum absolute atomic E-state index is 12.3. The van der Waals surface area contributed by atoms with Crippen molar-refractivity contribution >= 4 is 27.5 Å². The van der Waals surface area contributed by atoms with E-state index < -0.39 is 0 Å². The molecule has 3 rings (SSSR count). The number of amides is 1. The molecule has 98 valence electrons. The average Bonchev–Trinajstić information content (AvgIpc) is 2.79. The third-order valence-corrected chi connectivity index (χ3v) is 4.11. The molecule has 0 spiro atoms. The lowest BCUT2D eigenvalue weighted by molar-refractivity contribution is 0.101. The van der Waals surface area contributed by atoms with E-state index in [4.69, 9.17) is 0 Å². The van der Waals surface area contributed by atoms with E-state index in [1.165, 1.54) is 19.3 Å². The highest BCUT2D eigenvalue weighted by atomic mass is 79.9. The van der Waals surface area contributed by atoms with Gasteiger partial charge >= 0.3 is 0 Å². The summed E-state index contributed by atoms with van der Waals surface area (Å²) >= 11 is 3.38. The second-order valence-electron chi connectivity index (χ2n) is 4.85. The normalized spacial score (nSPS) is 15.0. The van der Waals surface area contributed by atoms with Crippen molar-refractivity contribution in [2.24, 2.45) is 0 Å². The molecule has 1 aromatic heterocycles. The Morgan fingerprint density at radius 2 is 1.95 bits per heavy atom. The minimum Gasteiger partial charge on any atom is -0.340 e. The van der Waals surface area contributed by atoms with Crippen molar-refractivity contribution in [3.05, 3.63) is 52.8 Å². The molecule has 1 aliphatic rings. The van der Waals surface area contributed by atoms with Crippen molar-refractivity contribution in [2.45, 2.75) is 25.3 Å². The van der Waals surface area contributed by atoms with Gasteiger partial charge < -0.3 is 9.88 Å². The first-order valence-corrected chi connectivity index (χ1v) is 7.27. The molecule has 1 saturated carbocycles. The number of hydrogen-bond donors (Lipinski definition) is 1. The molecule has 2 aromatic rings. The summed E-state index contributed by atoms with van der Waals surface area (Å²) in [7, 11) is 0. The van der Waals surface area contributed by atoms with Gasteiger partial charge in [-0.3, -0.25) is 4.79 Å². The third kappa shape index (κ3) is 2.59. The van der Waals surface area contributed by atoms with Crippen molar-refractivity contribution in [2.75, 3.05) is 5.32 Å². The first kappa shape index (κ1) is 12.5. The minimum atomic E-state index is -0.0424. The van der Waals surface area contributed by atoms with Crippen LogP contribution in [0.25, 0.3) is 0 Å². The molecule has 4 heteroatoms. The van der Waals surface area contributed by atoms with Gasteiger partial charge in [-0.05, 0) is 55.7 Å². The van der Waals surface area contributed by atoms with Gasteiger partial charge in [0.15, 0.2) is 0 Å². The van der Waals surface area contributed by atoms with E-state index in [0.717, 1.165) is 15.9 Å². The summed E-state index contributed by atoms with van der Waals surface area (Å²) in [5.74, 6) is -0.0424. The summed E-state index contributed by atoms with van der Waals surface area (Å²) in [5.41, 5.74) is 1.56. The van der Waals surface area contributed by atoms with E-state index in [2.05, 4.69) is 25.8 Å². The van der Waals surface area contributed by atoms with Crippen molar-refractivity contribution in [3.8, 4) is 0 Å². The highest BCUT2D eigenvalue weighted by molar-refractivity contribution is 9.10. The quantitative estimate of drug-likeness (QED) is 0.902. The van der Waals surface area contributed by atoms with Crippen molar-refractivity contribution < 1.29 is 4.79 Å². The molecule has 0 aliphatic heterocycles. The zero-order chi connectivity index (χ0) is 13.2. The predicted octanol–water partition coefficient (Wildman–Crippen LogP) is 4.23. The number of halogens is 1. The number of hydrogen-bond acceptors (Lipinski definition) is 1. The van der Waals surface area contributed by atoms with Gasteiger partial charge in [-0.25, -0.2) is 0 Å². The van der Waals surface area contributed by atoms with Gasteiger partial charge in [-0.2, -0.15) is 0 Å². The van der Waals surface area contributed by atoms with Gasteiger partial charge in [0.2, 0.25) is 0 Å². The molecule has 1 fully saturated rings. The van der Waals surface area contributed by atoms with Crippen molar-refractivity contribution in [3.63, 3.8) is 0 Å². The van der Waals surface area contributed by atoms with Gasteiger partial charge in [0.05, 0.1) is 0 Å². The van der Waals surface area contributed by atoms with Crippen LogP contribution in [0.1, 0.15) is 35.8 Å². The van der Waals surface area contributed by atoms with E-state index in [1.807, 2.05) is 42.6 Å². The molecule has 1 aromatic carbocycles. The molecule has 19 heavy (non-hydrogen) atoms. The van der Waals surface area contributed by atoms with Crippen molar-refractivity contribution in [1.82, 2.24) is 4.57 Å². The molecular formula is C15H15BrN2O. The highest BCUT2D eigenvalue weighted by Gasteiger charge is 2.23. The molecule has 1 N–H and O–H groups in total. The Morgan fingerprint density at radius 3 is 2.58 bits per heavy atom. The molecular weight excluding hydrogens is 304 g/mol.